The molecule has 2 heterocycles. The van der Waals surface area contributed by atoms with Gasteiger partial charge in [-0.1, -0.05) is 19.3 Å². The first-order valence-electron chi connectivity index (χ1n) is 8.71. The van der Waals surface area contributed by atoms with Gasteiger partial charge in [-0.25, -0.2) is 4.98 Å². The van der Waals surface area contributed by atoms with Gasteiger partial charge in [0.1, 0.15) is 0 Å². The summed E-state index contributed by atoms with van der Waals surface area (Å²) in [7, 11) is 0. The van der Waals surface area contributed by atoms with Crippen LogP contribution in [0, 0.1) is 0 Å². The summed E-state index contributed by atoms with van der Waals surface area (Å²) in [6.45, 7) is 3.21. The van der Waals surface area contributed by atoms with Gasteiger partial charge in [0.25, 0.3) is 0 Å². The number of rotatable bonds is 7. The van der Waals surface area contributed by atoms with Crippen LogP contribution in [0.25, 0.3) is 0 Å². The van der Waals surface area contributed by atoms with E-state index in [4.69, 9.17) is 4.74 Å². The van der Waals surface area contributed by atoms with Gasteiger partial charge in [0.15, 0.2) is 0 Å². The van der Waals surface area contributed by atoms with Crippen LogP contribution in [-0.4, -0.2) is 34.3 Å². The molecule has 1 aromatic rings. The Labute approximate surface area is 128 Å². The zero-order valence-electron chi connectivity index (χ0n) is 13.1. The van der Waals surface area contributed by atoms with Crippen LogP contribution in [0.4, 0.5) is 0 Å². The maximum Gasteiger partial charge on any atom is 0.0945 e. The van der Waals surface area contributed by atoms with Gasteiger partial charge in [0.2, 0.25) is 0 Å². The highest BCUT2D eigenvalue weighted by molar-refractivity contribution is 4.91. The van der Waals surface area contributed by atoms with E-state index in [1.165, 1.54) is 57.8 Å². The lowest BCUT2D eigenvalue weighted by Crippen LogP contribution is -2.34. The maximum absolute atomic E-state index is 6.38. The second-order valence-corrected chi connectivity index (χ2v) is 6.73. The summed E-state index contributed by atoms with van der Waals surface area (Å²) in [4.78, 5) is 4.06. The van der Waals surface area contributed by atoms with Gasteiger partial charge in [0, 0.05) is 25.5 Å². The van der Waals surface area contributed by atoms with Crippen molar-refractivity contribution in [1.29, 1.82) is 0 Å². The van der Waals surface area contributed by atoms with Crippen LogP contribution in [-0.2, 0) is 11.3 Å². The quantitative estimate of drug-likeness (QED) is 0.784. The monoisotopic (exact) mass is 291 g/mol. The van der Waals surface area contributed by atoms with E-state index in [0.717, 1.165) is 19.6 Å². The summed E-state index contributed by atoms with van der Waals surface area (Å²) in [5, 5.41) is 3.58. The molecule has 0 aromatic carbocycles. The number of unbranched alkanes of at least 4 members (excludes halogenated alkanes) is 1. The van der Waals surface area contributed by atoms with Gasteiger partial charge in [-0.15, -0.1) is 0 Å². The molecule has 3 rings (SSSR count). The Morgan fingerprint density at radius 1 is 1.19 bits per heavy atom. The SMILES string of the molecule is c1cn(CCCCNCC2CCC3(CCCCC3)O2)cn1. The molecule has 1 unspecified atom stereocenters. The maximum atomic E-state index is 6.38. The average molecular weight is 291 g/mol. The molecule has 118 valence electrons. The van der Waals surface area contributed by atoms with Crippen molar-refractivity contribution in [2.75, 3.05) is 13.1 Å². The molecular formula is C17H29N3O. The fourth-order valence-corrected chi connectivity index (χ4v) is 3.83. The zero-order valence-corrected chi connectivity index (χ0v) is 13.1. The molecule has 1 saturated carbocycles. The lowest BCUT2D eigenvalue weighted by atomic mass is 9.83. The van der Waals surface area contributed by atoms with E-state index >= 15 is 0 Å². The minimum Gasteiger partial charge on any atom is -0.370 e. The number of hydrogen-bond acceptors (Lipinski definition) is 3. The fraction of sp³-hybridized carbons (Fsp3) is 0.824. The van der Waals surface area contributed by atoms with Gasteiger partial charge in [-0.2, -0.15) is 0 Å². The lowest BCUT2D eigenvalue weighted by Gasteiger charge is -2.33. The molecule has 1 atom stereocenters. The summed E-state index contributed by atoms with van der Waals surface area (Å²) in [5.74, 6) is 0. The van der Waals surface area contributed by atoms with E-state index in [1.807, 2.05) is 18.7 Å². The van der Waals surface area contributed by atoms with Crippen LogP contribution in [0.2, 0.25) is 0 Å². The first kappa shape index (κ1) is 15.0. The highest BCUT2D eigenvalue weighted by Crippen LogP contribution is 2.41. The number of imidazole rings is 1. The van der Waals surface area contributed by atoms with E-state index in [-0.39, 0.29) is 5.60 Å². The van der Waals surface area contributed by atoms with Crippen molar-refractivity contribution < 1.29 is 4.74 Å². The minimum absolute atomic E-state index is 0.270. The molecule has 2 aliphatic rings. The number of aryl methyl sites for hydroxylation is 1. The second kappa shape index (κ2) is 7.41. The van der Waals surface area contributed by atoms with Gasteiger partial charge >= 0.3 is 0 Å². The van der Waals surface area contributed by atoms with E-state index in [9.17, 15) is 0 Å². The Bertz CT molecular complexity index is 398. The van der Waals surface area contributed by atoms with Crippen molar-refractivity contribution in [1.82, 2.24) is 14.9 Å². The first-order valence-corrected chi connectivity index (χ1v) is 8.71. The molecule has 0 bridgehead atoms. The van der Waals surface area contributed by atoms with Gasteiger partial charge in [-0.3, -0.25) is 0 Å². The lowest BCUT2D eigenvalue weighted by molar-refractivity contribution is -0.0623. The highest BCUT2D eigenvalue weighted by Gasteiger charge is 2.40. The van der Waals surface area contributed by atoms with Crippen LogP contribution < -0.4 is 5.32 Å². The highest BCUT2D eigenvalue weighted by atomic mass is 16.5. The Morgan fingerprint density at radius 2 is 2.10 bits per heavy atom. The van der Waals surface area contributed by atoms with Gasteiger partial charge in [-0.05, 0) is 45.1 Å². The third-order valence-electron chi connectivity index (χ3n) is 5.05. The molecule has 21 heavy (non-hydrogen) atoms. The van der Waals surface area contributed by atoms with Crippen LogP contribution in [0.3, 0.4) is 0 Å². The number of ether oxygens (including phenoxy) is 1. The molecule has 4 nitrogen and oxygen atoms in total. The predicted molar refractivity (Wildman–Crippen MR) is 84.3 cm³/mol. The molecule has 1 spiro atoms. The Balaban J connectivity index is 1.25. The van der Waals surface area contributed by atoms with Crippen LogP contribution in [0.15, 0.2) is 18.7 Å². The van der Waals surface area contributed by atoms with E-state index in [1.54, 1.807) is 0 Å². The molecule has 1 aliphatic heterocycles. The van der Waals surface area contributed by atoms with Gasteiger partial charge < -0.3 is 14.6 Å². The van der Waals surface area contributed by atoms with E-state index in [0.29, 0.717) is 6.10 Å². The number of nitrogens with one attached hydrogen (secondary N) is 1. The average Bonchev–Trinajstić information content (AvgIpc) is 3.14. The van der Waals surface area contributed by atoms with Crippen molar-refractivity contribution in [3.63, 3.8) is 0 Å². The fourth-order valence-electron chi connectivity index (χ4n) is 3.83. The van der Waals surface area contributed by atoms with Crippen LogP contribution in [0.1, 0.15) is 57.8 Å². The van der Waals surface area contributed by atoms with Crippen molar-refractivity contribution in [3.05, 3.63) is 18.7 Å². The molecule has 1 saturated heterocycles. The smallest absolute Gasteiger partial charge is 0.0945 e. The molecule has 1 aliphatic carbocycles. The summed E-state index contributed by atoms with van der Waals surface area (Å²) in [5.41, 5.74) is 0.270. The number of nitrogens with zero attached hydrogens (tertiary/aromatic N) is 2. The molecule has 0 radical (unpaired) electrons. The Hall–Kier alpha value is -0.870. The number of aromatic nitrogens is 2. The zero-order chi connectivity index (χ0) is 14.4. The van der Waals surface area contributed by atoms with Gasteiger partial charge in [0.05, 0.1) is 18.0 Å². The van der Waals surface area contributed by atoms with Crippen molar-refractivity contribution in [3.8, 4) is 0 Å². The Morgan fingerprint density at radius 3 is 2.90 bits per heavy atom. The van der Waals surface area contributed by atoms with Crippen molar-refractivity contribution >= 4 is 0 Å². The van der Waals surface area contributed by atoms with Crippen molar-refractivity contribution in [2.24, 2.45) is 0 Å². The summed E-state index contributed by atoms with van der Waals surface area (Å²) >= 11 is 0. The minimum atomic E-state index is 0.270. The van der Waals surface area contributed by atoms with E-state index < -0.39 is 0 Å². The summed E-state index contributed by atoms with van der Waals surface area (Å²) < 4.78 is 8.53. The first-order chi connectivity index (χ1) is 10.4. The normalized spacial score (nSPS) is 24.7. The molecule has 1 N–H and O–H groups in total. The largest absolute Gasteiger partial charge is 0.370 e. The molecule has 4 heteroatoms. The molecule has 2 fully saturated rings. The van der Waals surface area contributed by atoms with E-state index in [2.05, 4.69) is 14.9 Å². The standard InChI is InChI=1S/C17H29N3O/c1-2-7-17(8-3-1)9-6-16(21-17)14-18-10-4-5-12-20-13-11-19-15-20/h11,13,15-16,18H,1-10,12,14H2. The molecule has 1 aromatic heterocycles. The number of hydrogen-bond donors (Lipinski definition) is 1. The summed E-state index contributed by atoms with van der Waals surface area (Å²) in [6, 6.07) is 0. The van der Waals surface area contributed by atoms with Crippen LogP contribution in [0.5, 0.6) is 0 Å². The van der Waals surface area contributed by atoms with Crippen molar-refractivity contribution in [2.45, 2.75) is 76.0 Å². The third-order valence-corrected chi connectivity index (χ3v) is 5.05. The summed E-state index contributed by atoms with van der Waals surface area (Å²) in [6.07, 6.45) is 17.9. The molecule has 0 amide bonds. The molecular weight excluding hydrogens is 262 g/mol. The second-order valence-electron chi connectivity index (χ2n) is 6.73. The third kappa shape index (κ3) is 4.30. The topological polar surface area (TPSA) is 39.1 Å². The Kier molecular flexibility index (Phi) is 5.31. The predicted octanol–water partition coefficient (Wildman–Crippen LogP) is 3.13. The van der Waals surface area contributed by atoms with Crippen LogP contribution >= 0.6 is 0 Å².